The lowest BCUT2D eigenvalue weighted by molar-refractivity contribution is 0.0795. The second-order valence-corrected chi connectivity index (χ2v) is 14.0. The predicted octanol–water partition coefficient (Wildman–Crippen LogP) is 4.96. The van der Waals surface area contributed by atoms with Crippen LogP contribution in [0.2, 0.25) is 0 Å². The third-order valence-electron chi connectivity index (χ3n) is 9.05. The van der Waals surface area contributed by atoms with Crippen LogP contribution in [0.15, 0.2) is 36.7 Å². The molecule has 1 aliphatic carbocycles. The molecular formula is C32H41N7O2S. The molecule has 6 rings (SSSR count). The van der Waals surface area contributed by atoms with Crippen molar-refractivity contribution in [3.05, 3.63) is 58.5 Å². The minimum Gasteiger partial charge on any atom is -0.393 e. The Hall–Kier alpha value is -3.21. The number of aliphatic hydroxyl groups excluding tert-OH is 1. The number of carbonyl (C=O) groups excluding carboxylic acids is 1. The van der Waals surface area contributed by atoms with Gasteiger partial charge in [-0.3, -0.25) is 4.79 Å². The molecule has 42 heavy (non-hydrogen) atoms. The lowest BCUT2D eigenvalue weighted by atomic mass is 9.71. The average Bonchev–Trinajstić information content (AvgIpc) is 3.59. The van der Waals surface area contributed by atoms with E-state index in [-0.39, 0.29) is 23.5 Å². The number of nitrogens with one attached hydrogen (secondary N) is 1. The maximum absolute atomic E-state index is 13.6. The zero-order chi connectivity index (χ0) is 29.4. The first kappa shape index (κ1) is 28.9. The molecule has 2 atom stereocenters. The third kappa shape index (κ3) is 6.26. The molecule has 222 valence electrons. The topological polar surface area (TPSA) is 109 Å². The summed E-state index contributed by atoms with van der Waals surface area (Å²) in [7, 11) is 1.92. The monoisotopic (exact) mass is 587 g/mol. The Morgan fingerprint density at radius 3 is 2.60 bits per heavy atom. The Kier molecular flexibility index (Phi) is 8.13. The van der Waals surface area contributed by atoms with Gasteiger partial charge < -0.3 is 19.9 Å². The highest BCUT2D eigenvalue weighted by molar-refractivity contribution is 7.19. The highest BCUT2D eigenvalue weighted by atomic mass is 32.1. The molecule has 9 nitrogen and oxygen atoms in total. The quantitative estimate of drug-likeness (QED) is 0.315. The lowest BCUT2D eigenvalue weighted by Crippen LogP contribution is -2.38. The number of thiazole rings is 1. The SMILES string of the molecule is Cn1cnnc1-c1ccc(C(CCN2CCC(O)CC2)NC(=O)c2nc3cc4c(nc3s2)CC[C@H](C(C)(C)C)C4)cc1. The fourth-order valence-electron chi connectivity index (χ4n) is 6.25. The number of likely N-dealkylation sites (tertiary alicyclic amines) is 1. The van der Waals surface area contributed by atoms with Crippen LogP contribution in [0.5, 0.6) is 0 Å². The first-order chi connectivity index (χ1) is 20.1. The van der Waals surface area contributed by atoms with Crippen LogP contribution >= 0.6 is 11.3 Å². The summed E-state index contributed by atoms with van der Waals surface area (Å²) in [5, 5.41) is 21.9. The van der Waals surface area contributed by atoms with Crippen LogP contribution in [0.3, 0.4) is 0 Å². The van der Waals surface area contributed by atoms with E-state index >= 15 is 0 Å². The van der Waals surface area contributed by atoms with Crippen LogP contribution < -0.4 is 5.32 Å². The van der Waals surface area contributed by atoms with Gasteiger partial charge in [0.05, 0.1) is 12.1 Å². The summed E-state index contributed by atoms with van der Waals surface area (Å²) in [5.74, 6) is 1.25. The Bertz CT molecular complexity index is 1550. The highest BCUT2D eigenvalue weighted by Gasteiger charge is 2.30. The van der Waals surface area contributed by atoms with E-state index in [1.165, 1.54) is 16.9 Å². The van der Waals surface area contributed by atoms with E-state index in [1.807, 2.05) is 23.7 Å². The zero-order valence-electron chi connectivity index (χ0n) is 25.0. The summed E-state index contributed by atoms with van der Waals surface area (Å²) in [4.78, 5) is 26.6. The second-order valence-electron chi connectivity index (χ2n) is 13.0. The van der Waals surface area contributed by atoms with Crippen LogP contribution in [0.25, 0.3) is 21.7 Å². The molecule has 0 saturated carbocycles. The van der Waals surface area contributed by atoms with Crippen LogP contribution in [-0.2, 0) is 19.9 Å². The smallest absolute Gasteiger partial charge is 0.280 e. The minimum atomic E-state index is -0.206. The Balaban J connectivity index is 1.21. The van der Waals surface area contributed by atoms with Gasteiger partial charge >= 0.3 is 0 Å². The summed E-state index contributed by atoms with van der Waals surface area (Å²) in [5.41, 5.74) is 5.52. The van der Waals surface area contributed by atoms with Gasteiger partial charge in [-0.05, 0) is 67.1 Å². The number of rotatable bonds is 7. The van der Waals surface area contributed by atoms with Gasteiger partial charge in [0.2, 0.25) is 0 Å². The van der Waals surface area contributed by atoms with Gasteiger partial charge in [-0.25, -0.2) is 9.97 Å². The van der Waals surface area contributed by atoms with E-state index in [9.17, 15) is 9.90 Å². The first-order valence-electron chi connectivity index (χ1n) is 15.1. The molecule has 1 aromatic carbocycles. The van der Waals surface area contributed by atoms with Crippen molar-refractivity contribution in [3.8, 4) is 11.4 Å². The van der Waals surface area contributed by atoms with E-state index in [2.05, 4.69) is 59.4 Å². The average molecular weight is 588 g/mol. The van der Waals surface area contributed by atoms with Gasteiger partial charge in [-0.1, -0.05) is 56.4 Å². The molecule has 3 aromatic heterocycles. The van der Waals surface area contributed by atoms with Crippen molar-refractivity contribution in [2.75, 3.05) is 19.6 Å². The van der Waals surface area contributed by atoms with E-state index in [1.54, 1.807) is 6.33 Å². The number of hydrogen-bond acceptors (Lipinski definition) is 8. The van der Waals surface area contributed by atoms with E-state index in [4.69, 9.17) is 9.97 Å². The molecule has 2 aliphatic rings. The lowest BCUT2D eigenvalue weighted by Gasteiger charge is -2.34. The number of benzene rings is 1. The number of amides is 1. The molecule has 2 N–H and O–H groups in total. The van der Waals surface area contributed by atoms with Crippen LogP contribution in [-0.4, -0.2) is 66.4 Å². The molecule has 1 saturated heterocycles. The molecule has 0 spiro atoms. The molecule has 1 aliphatic heterocycles. The number of fused-ring (bicyclic) bond motifs is 2. The molecule has 4 heterocycles. The molecular weight excluding hydrogens is 546 g/mol. The molecule has 1 amide bonds. The molecule has 0 bridgehead atoms. The van der Waals surface area contributed by atoms with Crippen LogP contribution in [0.4, 0.5) is 0 Å². The summed E-state index contributed by atoms with van der Waals surface area (Å²) in [6.45, 7) is 9.52. The number of aryl methyl sites for hydroxylation is 2. The Morgan fingerprint density at radius 1 is 1.14 bits per heavy atom. The van der Waals surface area contributed by atoms with Crippen molar-refractivity contribution in [1.29, 1.82) is 0 Å². The summed E-state index contributed by atoms with van der Waals surface area (Å²) in [6, 6.07) is 10.2. The standard InChI is InChI=1S/C32H41N7O2S/c1-32(2,3)23-9-10-25-22(17-23)18-27-30(35-25)42-31(36-27)29(41)34-26(13-16-39-14-11-24(40)12-15-39)20-5-7-21(8-6-20)28-37-33-19-38(28)4/h5-8,18-19,23-24,26,40H,9-17H2,1-4H3,(H,34,41)/t23-,26?/m0/s1. The number of pyridine rings is 1. The molecule has 0 radical (unpaired) electrons. The number of hydrogen-bond donors (Lipinski definition) is 2. The van der Waals surface area contributed by atoms with E-state index < -0.39 is 0 Å². The van der Waals surface area contributed by atoms with Gasteiger partial charge in [0.1, 0.15) is 16.7 Å². The van der Waals surface area contributed by atoms with Crippen molar-refractivity contribution in [2.24, 2.45) is 18.4 Å². The molecule has 10 heteroatoms. The van der Waals surface area contributed by atoms with Gasteiger partial charge in [0, 0.05) is 37.9 Å². The molecule has 1 unspecified atom stereocenters. The summed E-state index contributed by atoms with van der Waals surface area (Å²) >= 11 is 1.38. The number of carbonyl (C=O) groups is 1. The number of aromatic nitrogens is 5. The van der Waals surface area contributed by atoms with Gasteiger partial charge in [-0.15, -0.1) is 10.2 Å². The maximum Gasteiger partial charge on any atom is 0.280 e. The second kappa shape index (κ2) is 11.8. The molecule has 4 aromatic rings. The zero-order valence-corrected chi connectivity index (χ0v) is 25.8. The van der Waals surface area contributed by atoms with Gasteiger partial charge in [0.15, 0.2) is 10.8 Å². The Labute approximate surface area is 251 Å². The number of aliphatic hydroxyl groups is 1. The van der Waals surface area contributed by atoms with Crippen molar-refractivity contribution in [3.63, 3.8) is 0 Å². The maximum atomic E-state index is 13.6. The van der Waals surface area contributed by atoms with Crippen molar-refractivity contribution >= 4 is 27.6 Å². The predicted molar refractivity (Wildman–Crippen MR) is 165 cm³/mol. The number of piperidine rings is 1. The largest absolute Gasteiger partial charge is 0.393 e. The van der Waals surface area contributed by atoms with Crippen molar-refractivity contribution < 1.29 is 9.90 Å². The number of nitrogens with zero attached hydrogens (tertiary/aromatic N) is 6. The fourth-order valence-corrected chi connectivity index (χ4v) is 7.10. The normalized spacial score (nSPS) is 19.1. The molecule has 1 fully saturated rings. The third-order valence-corrected chi connectivity index (χ3v) is 10.0. The Morgan fingerprint density at radius 2 is 1.90 bits per heavy atom. The summed E-state index contributed by atoms with van der Waals surface area (Å²) < 4.78 is 1.89. The first-order valence-corrected chi connectivity index (χ1v) is 15.9. The highest BCUT2D eigenvalue weighted by Crippen LogP contribution is 2.38. The van der Waals surface area contributed by atoms with E-state index in [0.717, 1.165) is 91.2 Å². The van der Waals surface area contributed by atoms with Gasteiger partial charge in [-0.2, -0.15) is 0 Å². The van der Waals surface area contributed by atoms with Crippen molar-refractivity contribution in [1.82, 2.24) is 34.9 Å². The fraction of sp³-hybridized carbons (Fsp3) is 0.531. The van der Waals surface area contributed by atoms with Crippen molar-refractivity contribution in [2.45, 2.75) is 71.4 Å². The van der Waals surface area contributed by atoms with Gasteiger partial charge in [0.25, 0.3) is 5.91 Å². The minimum absolute atomic E-state index is 0.167. The summed E-state index contributed by atoms with van der Waals surface area (Å²) in [6.07, 6.45) is 6.97. The van der Waals surface area contributed by atoms with Crippen LogP contribution in [0.1, 0.15) is 79.1 Å². The van der Waals surface area contributed by atoms with Crippen LogP contribution in [0, 0.1) is 11.3 Å². The van der Waals surface area contributed by atoms with E-state index in [0.29, 0.717) is 10.9 Å².